The summed E-state index contributed by atoms with van der Waals surface area (Å²) in [5, 5.41) is 0. The Balaban J connectivity index is 1.48. The van der Waals surface area contributed by atoms with Crippen LogP contribution in [0.3, 0.4) is 0 Å². The van der Waals surface area contributed by atoms with Gasteiger partial charge in [-0.3, -0.25) is 9.52 Å². The maximum atomic E-state index is 12.9. The minimum atomic E-state index is -3.49. The highest BCUT2D eigenvalue weighted by Gasteiger charge is 2.20. The SMILES string of the molecule is Cc1cc(C(=O)COC(=O)c2cccc(NS(C)(=O)=O)c2)c(C)n1-c1ccc2c(c1)OCCO2. The van der Waals surface area contributed by atoms with E-state index in [0.29, 0.717) is 36.0 Å². The second-order valence-corrected chi connectivity index (χ2v) is 9.65. The van der Waals surface area contributed by atoms with Gasteiger partial charge in [-0.15, -0.1) is 0 Å². The van der Waals surface area contributed by atoms with Gasteiger partial charge in [-0.05, 0) is 50.2 Å². The number of carbonyl (C=O) groups excluding carboxylic acids is 2. The second-order valence-electron chi connectivity index (χ2n) is 7.90. The van der Waals surface area contributed by atoms with Crippen LogP contribution in [0.25, 0.3) is 5.69 Å². The third-order valence-corrected chi connectivity index (χ3v) is 5.86. The van der Waals surface area contributed by atoms with E-state index in [1.807, 2.05) is 36.6 Å². The van der Waals surface area contributed by atoms with Crippen molar-refractivity contribution in [2.75, 3.05) is 30.8 Å². The van der Waals surface area contributed by atoms with Crippen LogP contribution >= 0.6 is 0 Å². The lowest BCUT2D eigenvalue weighted by molar-refractivity contribution is 0.0474. The van der Waals surface area contributed by atoms with E-state index in [-0.39, 0.29) is 17.0 Å². The highest BCUT2D eigenvalue weighted by molar-refractivity contribution is 7.92. The van der Waals surface area contributed by atoms with Crippen LogP contribution in [-0.4, -0.2) is 50.8 Å². The van der Waals surface area contributed by atoms with E-state index in [0.717, 1.165) is 17.6 Å². The molecule has 0 saturated heterocycles. The Bertz CT molecular complexity index is 1380. The summed E-state index contributed by atoms with van der Waals surface area (Å²) in [5.41, 5.74) is 3.16. The molecule has 0 atom stereocenters. The van der Waals surface area contributed by atoms with Gasteiger partial charge in [-0.2, -0.15) is 0 Å². The minimum Gasteiger partial charge on any atom is -0.486 e. The van der Waals surface area contributed by atoms with Gasteiger partial charge in [0, 0.05) is 34.4 Å². The Morgan fingerprint density at radius 3 is 2.50 bits per heavy atom. The number of esters is 1. The topological polar surface area (TPSA) is 113 Å². The number of ether oxygens (including phenoxy) is 3. The molecule has 2 heterocycles. The predicted octanol–water partition coefficient (Wildman–Crippen LogP) is 3.28. The van der Waals surface area contributed by atoms with E-state index >= 15 is 0 Å². The first-order valence-electron chi connectivity index (χ1n) is 10.5. The second kappa shape index (κ2) is 9.22. The summed E-state index contributed by atoms with van der Waals surface area (Å²) in [5.74, 6) is 0.240. The van der Waals surface area contributed by atoms with Gasteiger partial charge in [0.05, 0.1) is 11.8 Å². The number of nitrogens with zero attached hydrogens (tertiary/aromatic N) is 1. The number of hydrogen-bond donors (Lipinski definition) is 1. The number of nitrogens with one attached hydrogen (secondary N) is 1. The molecule has 2 aromatic carbocycles. The quantitative estimate of drug-likeness (QED) is 0.404. The lowest BCUT2D eigenvalue weighted by atomic mass is 10.1. The molecule has 0 spiro atoms. The first-order valence-corrected chi connectivity index (χ1v) is 12.4. The van der Waals surface area contributed by atoms with Crippen molar-refractivity contribution in [2.45, 2.75) is 13.8 Å². The molecule has 9 nitrogen and oxygen atoms in total. The number of sulfonamides is 1. The summed E-state index contributed by atoms with van der Waals surface area (Å²) < 4.78 is 43.5. The number of Topliss-reactive ketones (excluding diaryl/α,β-unsaturated/α-hetero) is 1. The Hall–Kier alpha value is -3.79. The van der Waals surface area contributed by atoms with Crippen LogP contribution in [0.2, 0.25) is 0 Å². The number of aromatic nitrogens is 1. The van der Waals surface area contributed by atoms with Gasteiger partial charge in [-0.25, -0.2) is 13.2 Å². The molecule has 0 unspecified atom stereocenters. The molecular weight excluding hydrogens is 460 g/mol. The van der Waals surface area contributed by atoms with Crippen molar-refractivity contribution >= 4 is 27.5 Å². The molecule has 1 N–H and O–H groups in total. The molecule has 178 valence electrons. The van der Waals surface area contributed by atoms with Crippen LogP contribution in [0.5, 0.6) is 11.5 Å². The summed E-state index contributed by atoms with van der Waals surface area (Å²) in [6.45, 7) is 4.23. The molecule has 10 heteroatoms. The standard InChI is InChI=1S/C24H24N2O7S/c1-15-11-20(16(2)26(15)19-7-8-22-23(13-19)32-10-9-31-22)21(27)14-33-24(28)17-5-4-6-18(12-17)25-34(3,29)30/h4-8,11-13,25H,9-10,14H2,1-3H3. The number of anilines is 1. The van der Waals surface area contributed by atoms with Crippen LogP contribution in [-0.2, 0) is 14.8 Å². The fourth-order valence-electron chi connectivity index (χ4n) is 3.83. The molecule has 0 radical (unpaired) electrons. The monoisotopic (exact) mass is 484 g/mol. The number of aryl methyl sites for hydroxylation is 1. The van der Waals surface area contributed by atoms with Gasteiger partial charge < -0.3 is 18.8 Å². The zero-order chi connectivity index (χ0) is 24.5. The van der Waals surface area contributed by atoms with Crippen LogP contribution < -0.4 is 14.2 Å². The Labute approximate surface area is 197 Å². The summed E-state index contributed by atoms with van der Waals surface area (Å²) >= 11 is 0. The maximum Gasteiger partial charge on any atom is 0.338 e. The van der Waals surface area contributed by atoms with Crippen molar-refractivity contribution in [2.24, 2.45) is 0 Å². The highest BCUT2D eigenvalue weighted by Crippen LogP contribution is 2.33. The third-order valence-electron chi connectivity index (χ3n) is 5.25. The van der Waals surface area contributed by atoms with Gasteiger partial charge in [0.15, 0.2) is 18.1 Å². The molecule has 0 fully saturated rings. The minimum absolute atomic E-state index is 0.128. The van der Waals surface area contributed by atoms with E-state index in [2.05, 4.69) is 4.72 Å². The lowest BCUT2D eigenvalue weighted by Crippen LogP contribution is -2.16. The third kappa shape index (κ3) is 5.07. The number of hydrogen-bond acceptors (Lipinski definition) is 7. The highest BCUT2D eigenvalue weighted by atomic mass is 32.2. The van der Waals surface area contributed by atoms with Gasteiger partial charge in [0.1, 0.15) is 13.2 Å². The van der Waals surface area contributed by atoms with Crippen LogP contribution in [0.1, 0.15) is 32.1 Å². The van der Waals surface area contributed by atoms with E-state index in [4.69, 9.17) is 14.2 Å². The average molecular weight is 485 g/mol. The number of carbonyl (C=O) groups is 2. The number of benzene rings is 2. The van der Waals surface area contributed by atoms with E-state index in [1.165, 1.54) is 24.3 Å². The Kier molecular flexibility index (Phi) is 6.34. The first kappa shape index (κ1) is 23.4. The van der Waals surface area contributed by atoms with Crippen molar-refractivity contribution in [3.8, 4) is 17.2 Å². The van der Waals surface area contributed by atoms with Crippen molar-refractivity contribution in [3.63, 3.8) is 0 Å². The molecule has 1 aromatic heterocycles. The van der Waals surface area contributed by atoms with Crippen molar-refractivity contribution < 1.29 is 32.2 Å². The molecular formula is C24H24N2O7S. The van der Waals surface area contributed by atoms with Crippen molar-refractivity contribution in [3.05, 3.63) is 71.0 Å². The first-order chi connectivity index (χ1) is 16.1. The van der Waals surface area contributed by atoms with Gasteiger partial charge >= 0.3 is 5.97 Å². The fraction of sp³-hybridized carbons (Fsp3) is 0.250. The fourth-order valence-corrected chi connectivity index (χ4v) is 4.38. The van der Waals surface area contributed by atoms with Crippen LogP contribution in [0.15, 0.2) is 48.5 Å². The van der Waals surface area contributed by atoms with Gasteiger partial charge in [-0.1, -0.05) is 6.07 Å². The van der Waals surface area contributed by atoms with Crippen LogP contribution in [0.4, 0.5) is 5.69 Å². The predicted molar refractivity (Wildman–Crippen MR) is 126 cm³/mol. The molecule has 3 aromatic rings. The zero-order valence-corrected chi connectivity index (χ0v) is 19.8. The summed E-state index contributed by atoms with van der Waals surface area (Å²) in [7, 11) is -3.49. The summed E-state index contributed by atoms with van der Waals surface area (Å²) in [6.07, 6.45) is 1.01. The molecule has 1 aliphatic rings. The van der Waals surface area contributed by atoms with Gasteiger partial charge in [0.25, 0.3) is 0 Å². The van der Waals surface area contributed by atoms with E-state index < -0.39 is 22.6 Å². The molecule has 34 heavy (non-hydrogen) atoms. The van der Waals surface area contributed by atoms with Crippen molar-refractivity contribution in [1.29, 1.82) is 0 Å². The molecule has 4 rings (SSSR count). The molecule has 1 aliphatic heterocycles. The van der Waals surface area contributed by atoms with E-state index in [9.17, 15) is 18.0 Å². The summed E-state index contributed by atoms with van der Waals surface area (Å²) in [6, 6.07) is 13.2. The normalized spacial score (nSPS) is 12.8. The van der Waals surface area contributed by atoms with Gasteiger partial charge in [0.2, 0.25) is 15.8 Å². The molecule has 0 amide bonds. The number of ketones is 1. The average Bonchev–Trinajstić information content (AvgIpc) is 3.09. The molecule has 0 bridgehead atoms. The Morgan fingerprint density at radius 2 is 1.76 bits per heavy atom. The summed E-state index contributed by atoms with van der Waals surface area (Å²) in [4.78, 5) is 25.3. The van der Waals surface area contributed by atoms with Crippen LogP contribution in [0, 0.1) is 13.8 Å². The molecule has 0 saturated carbocycles. The number of fused-ring (bicyclic) bond motifs is 1. The lowest BCUT2D eigenvalue weighted by Gasteiger charge is -2.20. The van der Waals surface area contributed by atoms with E-state index in [1.54, 1.807) is 6.07 Å². The smallest absolute Gasteiger partial charge is 0.338 e. The maximum absolute atomic E-state index is 12.9. The number of rotatable bonds is 7. The largest absolute Gasteiger partial charge is 0.486 e. The Morgan fingerprint density at radius 1 is 1.03 bits per heavy atom. The zero-order valence-electron chi connectivity index (χ0n) is 19.0. The van der Waals surface area contributed by atoms with Crippen molar-refractivity contribution in [1.82, 2.24) is 4.57 Å². The molecule has 0 aliphatic carbocycles.